The van der Waals surface area contributed by atoms with Gasteiger partial charge in [-0.25, -0.2) is 4.68 Å². The molecule has 3 rings (SSSR count). The van der Waals surface area contributed by atoms with Gasteiger partial charge < -0.3 is 10.1 Å². The molecule has 1 N–H and O–H groups in total. The first-order valence-electron chi connectivity index (χ1n) is 7.19. The number of halogens is 1. The molecule has 3 aromatic rings. The first-order chi connectivity index (χ1) is 11.6. The molecule has 0 bridgehead atoms. The second-order valence-electron chi connectivity index (χ2n) is 4.98. The van der Waals surface area contributed by atoms with E-state index < -0.39 is 6.10 Å². The van der Waals surface area contributed by atoms with Crippen molar-refractivity contribution in [3.8, 4) is 11.4 Å². The van der Waals surface area contributed by atoms with Crippen LogP contribution in [-0.4, -0.2) is 32.2 Å². The zero-order valence-corrected chi connectivity index (χ0v) is 13.5. The number of hydrogen-bond donors (Lipinski definition) is 1. The van der Waals surface area contributed by atoms with Crippen molar-refractivity contribution in [2.45, 2.75) is 13.0 Å². The van der Waals surface area contributed by atoms with E-state index in [4.69, 9.17) is 16.3 Å². The van der Waals surface area contributed by atoms with Crippen LogP contribution >= 0.6 is 11.6 Å². The van der Waals surface area contributed by atoms with E-state index in [0.717, 1.165) is 5.69 Å². The van der Waals surface area contributed by atoms with E-state index in [2.05, 4.69) is 20.8 Å². The summed E-state index contributed by atoms with van der Waals surface area (Å²) < 4.78 is 7.11. The highest BCUT2D eigenvalue weighted by Gasteiger charge is 2.16. The van der Waals surface area contributed by atoms with Gasteiger partial charge in [0.1, 0.15) is 12.1 Å². The summed E-state index contributed by atoms with van der Waals surface area (Å²) >= 11 is 6.02. The van der Waals surface area contributed by atoms with Crippen LogP contribution in [0.25, 0.3) is 5.69 Å². The number of hydrogen-bond acceptors (Lipinski definition) is 5. The van der Waals surface area contributed by atoms with Crippen LogP contribution in [0.15, 0.2) is 54.9 Å². The lowest BCUT2D eigenvalue weighted by molar-refractivity contribution is -0.122. The maximum atomic E-state index is 12.2. The average molecular weight is 344 g/mol. The Labute approximate surface area is 143 Å². The molecule has 7 nitrogen and oxygen atoms in total. The molecule has 0 unspecified atom stereocenters. The third-order valence-corrected chi connectivity index (χ3v) is 3.57. The largest absolute Gasteiger partial charge is 0.479 e. The fraction of sp³-hybridized carbons (Fsp3) is 0.125. The highest BCUT2D eigenvalue weighted by atomic mass is 35.5. The van der Waals surface area contributed by atoms with Gasteiger partial charge >= 0.3 is 0 Å². The second kappa shape index (κ2) is 7.10. The van der Waals surface area contributed by atoms with Crippen molar-refractivity contribution in [3.63, 3.8) is 0 Å². The number of carbonyl (C=O) groups is 1. The topological polar surface area (TPSA) is 81.9 Å². The summed E-state index contributed by atoms with van der Waals surface area (Å²) in [6.45, 7) is 1.66. The Morgan fingerprint density at radius 2 is 1.96 bits per heavy atom. The first-order valence-corrected chi connectivity index (χ1v) is 7.57. The van der Waals surface area contributed by atoms with Gasteiger partial charge in [0.15, 0.2) is 6.10 Å². The number of nitrogens with one attached hydrogen (secondary N) is 1. The summed E-state index contributed by atoms with van der Waals surface area (Å²) in [5, 5.41) is 14.2. The van der Waals surface area contributed by atoms with Crippen LogP contribution in [0.5, 0.6) is 5.75 Å². The SMILES string of the molecule is C[C@@H](Oc1ccccc1Cl)C(=O)Nc1ccc(-n2cnnn2)cc1. The molecule has 8 heteroatoms. The highest BCUT2D eigenvalue weighted by molar-refractivity contribution is 6.32. The predicted molar refractivity (Wildman–Crippen MR) is 89.3 cm³/mol. The van der Waals surface area contributed by atoms with Crippen molar-refractivity contribution < 1.29 is 9.53 Å². The van der Waals surface area contributed by atoms with E-state index in [-0.39, 0.29) is 5.91 Å². The monoisotopic (exact) mass is 343 g/mol. The zero-order chi connectivity index (χ0) is 16.9. The molecule has 122 valence electrons. The molecular weight excluding hydrogens is 330 g/mol. The van der Waals surface area contributed by atoms with Gasteiger partial charge in [0.25, 0.3) is 5.91 Å². The van der Waals surface area contributed by atoms with E-state index in [0.29, 0.717) is 16.5 Å². The van der Waals surface area contributed by atoms with Gasteiger partial charge in [-0.3, -0.25) is 4.79 Å². The summed E-state index contributed by atoms with van der Waals surface area (Å²) in [5.74, 6) is 0.195. The van der Waals surface area contributed by atoms with Crippen molar-refractivity contribution >= 4 is 23.2 Å². The summed E-state index contributed by atoms with van der Waals surface area (Å²) in [7, 11) is 0. The van der Waals surface area contributed by atoms with E-state index in [9.17, 15) is 4.79 Å². The van der Waals surface area contributed by atoms with E-state index in [1.807, 2.05) is 0 Å². The lowest BCUT2D eigenvalue weighted by Gasteiger charge is -2.15. The fourth-order valence-electron chi connectivity index (χ4n) is 2.01. The molecule has 1 amide bonds. The van der Waals surface area contributed by atoms with E-state index in [1.54, 1.807) is 55.5 Å². The predicted octanol–water partition coefficient (Wildman–Crippen LogP) is 2.72. The number of rotatable bonds is 5. The molecule has 24 heavy (non-hydrogen) atoms. The van der Waals surface area contributed by atoms with E-state index in [1.165, 1.54) is 11.0 Å². The minimum absolute atomic E-state index is 0.273. The first kappa shape index (κ1) is 15.9. The molecule has 1 atom stereocenters. The molecule has 0 aliphatic heterocycles. The van der Waals surface area contributed by atoms with E-state index >= 15 is 0 Å². The third kappa shape index (κ3) is 3.69. The standard InChI is InChI=1S/C16H14ClN5O2/c1-11(24-15-5-3-2-4-14(15)17)16(23)19-12-6-8-13(9-7-12)22-10-18-20-21-22/h2-11H,1H3,(H,19,23)/t11-/m1/s1. The number of para-hydroxylation sites is 1. The number of carbonyl (C=O) groups excluding carboxylic acids is 1. The summed E-state index contributed by atoms with van der Waals surface area (Å²) in [4.78, 5) is 12.2. The van der Waals surface area contributed by atoms with Crippen LogP contribution < -0.4 is 10.1 Å². The molecule has 0 fully saturated rings. The van der Waals surface area contributed by atoms with Crippen LogP contribution in [0, 0.1) is 0 Å². The van der Waals surface area contributed by atoms with Gasteiger partial charge in [-0.2, -0.15) is 0 Å². The second-order valence-corrected chi connectivity index (χ2v) is 5.39. The van der Waals surface area contributed by atoms with Crippen LogP contribution in [0.3, 0.4) is 0 Å². The molecule has 0 spiro atoms. The molecule has 0 aliphatic carbocycles. The number of ether oxygens (including phenoxy) is 1. The minimum Gasteiger partial charge on any atom is -0.479 e. The van der Waals surface area contributed by atoms with Gasteiger partial charge in [-0.1, -0.05) is 23.7 Å². The number of amides is 1. The molecular formula is C16H14ClN5O2. The van der Waals surface area contributed by atoms with Gasteiger partial charge in [0.2, 0.25) is 0 Å². The summed E-state index contributed by atoms with van der Waals surface area (Å²) in [5.41, 5.74) is 1.43. The Hall–Kier alpha value is -2.93. The molecule has 2 aromatic carbocycles. The lowest BCUT2D eigenvalue weighted by Crippen LogP contribution is -2.30. The Kier molecular flexibility index (Phi) is 4.72. The Morgan fingerprint density at radius 3 is 2.62 bits per heavy atom. The number of tetrazole rings is 1. The molecule has 0 saturated carbocycles. The Balaban J connectivity index is 1.63. The molecule has 0 saturated heterocycles. The molecule has 0 aliphatic rings. The van der Waals surface area contributed by atoms with Crippen LogP contribution in [-0.2, 0) is 4.79 Å². The normalized spacial score (nSPS) is 11.8. The number of nitrogens with zero attached hydrogens (tertiary/aromatic N) is 4. The molecule has 0 radical (unpaired) electrons. The highest BCUT2D eigenvalue weighted by Crippen LogP contribution is 2.24. The van der Waals surface area contributed by atoms with Gasteiger partial charge in [-0.15, -0.1) is 5.10 Å². The van der Waals surface area contributed by atoms with Gasteiger partial charge in [-0.05, 0) is 53.7 Å². The quantitative estimate of drug-likeness (QED) is 0.770. The van der Waals surface area contributed by atoms with Crippen molar-refractivity contribution in [3.05, 3.63) is 59.9 Å². The van der Waals surface area contributed by atoms with Crippen molar-refractivity contribution in [1.29, 1.82) is 0 Å². The van der Waals surface area contributed by atoms with Gasteiger partial charge in [0, 0.05) is 5.69 Å². The molecule has 1 aromatic heterocycles. The summed E-state index contributed by atoms with van der Waals surface area (Å²) in [6, 6.07) is 14.1. The van der Waals surface area contributed by atoms with Crippen LogP contribution in [0.4, 0.5) is 5.69 Å². The fourth-order valence-corrected chi connectivity index (χ4v) is 2.19. The maximum absolute atomic E-state index is 12.2. The number of benzene rings is 2. The zero-order valence-electron chi connectivity index (χ0n) is 12.8. The smallest absolute Gasteiger partial charge is 0.265 e. The number of anilines is 1. The summed E-state index contributed by atoms with van der Waals surface area (Å²) in [6.07, 6.45) is 0.803. The van der Waals surface area contributed by atoms with Gasteiger partial charge in [0.05, 0.1) is 10.7 Å². The van der Waals surface area contributed by atoms with Crippen LogP contribution in [0.1, 0.15) is 6.92 Å². The third-order valence-electron chi connectivity index (χ3n) is 3.26. The maximum Gasteiger partial charge on any atom is 0.265 e. The molecule has 1 heterocycles. The Bertz CT molecular complexity index is 821. The lowest BCUT2D eigenvalue weighted by atomic mass is 10.2. The Morgan fingerprint density at radius 1 is 1.21 bits per heavy atom. The minimum atomic E-state index is -0.691. The van der Waals surface area contributed by atoms with Crippen molar-refractivity contribution in [2.75, 3.05) is 5.32 Å². The average Bonchev–Trinajstić information content (AvgIpc) is 3.12. The number of aromatic nitrogens is 4. The van der Waals surface area contributed by atoms with Crippen molar-refractivity contribution in [1.82, 2.24) is 20.2 Å². The van der Waals surface area contributed by atoms with Crippen LogP contribution in [0.2, 0.25) is 5.02 Å². The van der Waals surface area contributed by atoms with Crippen molar-refractivity contribution in [2.24, 2.45) is 0 Å².